The van der Waals surface area contributed by atoms with E-state index in [0.29, 0.717) is 29.9 Å². The molecule has 0 radical (unpaired) electrons. The second-order valence-corrected chi connectivity index (χ2v) is 9.02. The first-order chi connectivity index (χ1) is 19.4. The van der Waals surface area contributed by atoms with Gasteiger partial charge in [-0.15, -0.1) is 0 Å². The molecule has 3 aromatic rings. The minimum absolute atomic E-state index is 0.0406. The molecule has 4 rings (SSSR count). The minimum Gasteiger partial charge on any atom is -0.383 e. The molecule has 0 aliphatic carbocycles. The molecule has 216 valence electrons. The summed E-state index contributed by atoms with van der Waals surface area (Å²) in [5.41, 5.74) is 9.88. The van der Waals surface area contributed by atoms with Gasteiger partial charge in [-0.1, -0.05) is 32.9 Å². The van der Waals surface area contributed by atoms with Gasteiger partial charge in [0.25, 0.3) is 0 Å². The van der Waals surface area contributed by atoms with Crippen molar-refractivity contribution in [3.63, 3.8) is 0 Å². The minimum atomic E-state index is -0.916. The number of pyridine rings is 1. The average molecular weight is 553 g/mol. The summed E-state index contributed by atoms with van der Waals surface area (Å²) in [4.78, 5) is 15.4. The molecule has 0 aromatic carbocycles. The van der Waals surface area contributed by atoms with Gasteiger partial charge in [-0.2, -0.15) is 5.10 Å². The van der Waals surface area contributed by atoms with Crippen LogP contribution >= 0.6 is 0 Å². The Labute approximate surface area is 236 Å². The number of halogens is 2. The number of aliphatic imine (C=N–C) groups is 1. The molecular weight excluding hydrogens is 510 g/mol. The standard InChI is InChI=1S/C23H26F2N8.C5H10.C2H6/c1-31(2)8-9-32-14-17(13-29-32)16-10-19(22(26)28-12-16)23-30-20-4-3-6-27-7-5-21(20)33(23)15-18(25)11-24;1-3-5-4-2;1-2/h5-7,10-14H,3-4,8-9,15H2,1-2H3,(H2,26,28);3,5H,4H2,1-2H3;1-2H3/b7-5-,18-11-,27-6?;5-3-;. The van der Waals surface area contributed by atoms with E-state index in [-0.39, 0.29) is 18.7 Å². The lowest BCUT2D eigenvalue weighted by Gasteiger charge is -2.12. The zero-order chi connectivity index (χ0) is 29.5. The predicted molar refractivity (Wildman–Crippen MR) is 162 cm³/mol. The molecule has 0 saturated carbocycles. The molecule has 1 aliphatic rings. The summed E-state index contributed by atoms with van der Waals surface area (Å²) in [5, 5.41) is 4.42. The number of nitrogen functional groups attached to an aromatic ring is 1. The molecule has 0 amide bonds. The summed E-state index contributed by atoms with van der Waals surface area (Å²) in [6.07, 6.45) is 17.2. The Morgan fingerprint density at radius 1 is 1.20 bits per heavy atom. The van der Waals surface area contributed by atoms with Crippen molar-refractivity contribution in [1.29, 1.82) is 0 Å². The third kappa shape index (κ3) is 9.08. The summed E-state index contributed by atoms with van der Waals surface area (Å²) in [5.74, 6) is -0.237. The van der Waals surface area contributed by atoms with E-state index >= 15 is 0 Å². The number of nitrogens with zero attached hydrogens (tertiary/aromatic N) is 7. The summed E-state index contributed by atoms with van der Waals surface area (Å²) in [6.45, 7) is 9.46. The maximum absolute atomic E-state index is 14.0. The molecule has 3 aromatic heterocycles. The lowest BCUT2D eigenvalue weighted by molar-refractivity contribution is 0.373. The van der Waals surface area contributed by atoms with Crippen LogP contribution in [-0.2, 0) is 19.5 Å². The number of allylic oxidation sites excluding steroid dienone is 3. The van der Waals surface area contributed by atoms with Crippen LogP contribution in [-0.4, -0.2) is 56.1 Å². The van der Waals surface area contributed by atoms with Gasteiger partial charge >= 0.3 is 0 Å². The van der Waals surface area contributed by atoms with E-state index < -0.39 is 5.83 Å². The van der Waals surface area contributed by atoms with Crippen molar-refractivity contribution in [3.8, 4) is 22.5 Å². The third-order valence-electron chi connectivity index (χ3n) is 5.82. The zero-order valence-corrected chi connectivity index (χ0v) is 24.5. The Morgan fingerprint density at radius 2 is 1.98 bits per heavy atom. The van der Waals surface area contributed by atoms with E-state index in [0.717, 1.165) is 36.3 Å². The van der Waals surface area contributed by atoms with Gasteiger partial charge in [0.15, 0.2) is 0 Å². The van der Waals surface area contributed by atoms with Gasteiger partial charge in [-0.05, 0) is 52.4 Å². The summed E-state index contributed by atoms with van der Waals surface area (Å²) in [7, 11) is 4.02. The predicted octanol–water partition coefficient (Wildman–Crippen LogP) is 6.72. The number of rotatable bonds is 8. The number of imidazole rings is 1. The lowest BCUT2D eigenvalue weighted by atomic mass is 10.1. The van der Waals surface area contributed by atoms with E-state index in [1.807, 2.05) is 51.8 Å². The fraction of sp³-hybridized carbons (Fsp3) is 0.400. The monoisotopic (exact) mass is 552 g/mol. The largest absolute Gasteiger partial charge is 0.383 e. The fourth-order valence-corrected chi connectivity index (χ4v) is 3.87. The second kappa shape index (κ2) is 16.9. The Balaban J connectivity index is 0.000000722. The topological polar surface area (TPSA) is 90.2 Å². The summed E-state index contributed by atoms with van der Waals surface area (Å²) < 4.78 is 30.4. The van der Waals surface area contributed by atoms with Gasteiger partial charge in [0.05, 0.1) is 36.2 Å². The van der Waals surface area contributed by atoms with Crippen LogP contribution in [0.2, 0.25) is 0 Å². The van der Waals surface area contributed by atoms with E-state index in [1.165, 1.54) is 0 Å². The third-order valence-corrected chi connectivity index (χ3v) is 5.82. The SMILES string of the molecule is C/C=C\CC.CC.CN(C)CCn1cc(-c2cnc(N)c(-c3nc4c(n3C/C(F)=C/F)/C=C\N=CCC4)c2)cn1. The van der Waals surface area contributed by atoms with Crippen molar-refractivity contribution in [3.05, 3.63) is 66.6 Å². The summed E-state index contributed by atoms with van der Waals surface area (Å²) in [6, 6.07) is 1.86. The van der Waals surface area contributed by atoms with Crippen LogP contribution in [0.4, 0.5) is 14.6 Å². The molecule has 0 bridgehead atoms. The smallest absolute Gasteiger partial charge is 0.148 e. The number of likely N-dealkylation sites (N-methyl/N-ethyl adjacent to an activating group) is 1. The van der Waals surface area contributed by atoms with Crippen LogP contribution in [0.1, 0.15) is 51.9 Å². The van der Waals surface area contributed by atoms with Crippen molar-refractivity contribution in [2.75, 3.05) is 26.4 Å². The Kier molecular flexibility index (Phi) is 13.7. The number of nitrogens with two attached hydrogens (primary N) is 1. The molecule has 0 atom stereocenters. The number of aryl methyl sites for hydroxylation is 1. The van der Waals surface area contributed by atoms with Crippen LogP contribution < -0.4 is 5.73 Å². The quantitative estimate of drug-likeness (QED) is 0.313. The highest BCUT2D eigenvalue weighted by Crippen LogP contribution is 2.32. The van der Waals surface area contributed by atoms with E-state index in [9.17, 15) is 8.78 Å². The number of aromatic nitrogens is 5. The molecular formula is C30H42F2N8. The maximum atomic E-state index is 14.0. The van der Waals surface area contributed by atoms with Crippen LogP contribution in [0.5, 0.6) is 0 Å². The molecule has 4 heterocycles. The molecule has 0 spiro atoms. The number of fused-ring (bicyclic) bond motifs is 1. The molecule has 0 saturated heterocycles. The zero-order valence-electron chi connectivity index (χ0n) is 24.5. The van der Waals surface area contributed by atoms with Crippen LogP contribution in [0.25, 0.3) is 28.6 Å². The first-order valence-corrected chi connectivity index (χ1v) is 13.6. The molecule has 2 N–H and O–H groups in total. The van der Waals surface area contributed by atoms with Crippen molar-refractivity contribution in [2.45, 2.75) is 60.0 Å². The first-order valence-electron chi connectivity index (χ1n) is 13.6. The normalized spacial score (nSPS) is 13.7. The van der Waals surface area contributed by atoms with Crippen LogP contribution in [0.15, 0.2) is 60.2 Å². The first kappa shape index (κ1) is 32.3. The number of hydrogen-bond donors (Lipinski definition) is 1. The fourth-order valence-electron chi connectivity index (χ4n) is 3.87. The molecule has 1 aliphatic heterocycles. The van der Waals surface area contributed by atoms with Gasteiger partial charge in [0.2, 0.25) is 0 Å². The molecule has 10 heteroatoms. The highest BCUT2D eigenvalue weighted by Gasteiger charge is 2.21. The highest BCUT2D eigenvalue weighted by atomic mass is 19.2. The van der Waals surface area contributed by atoms with Gasteiger partial charge in [-0.25, -0.2) is 18.7 Å². The van der Waals surface area contributed by atoms with Gasteiger partial charge in [-0.3, -0.25) is 9.67 Å². The average Bonchev–Trinajstić information content (AvgIpc) is 3.54. The number of anilines is 1. The lowest BCUT2D eigenvalue weighted by Crippen LogP contribution is -2.18. The van der Waals surface area contributed by atoms with Crippen molar-refractivity contribution >= 4 is 18.1 Å². The highest BCUT2D eigenvalue weighted by molar-refractivity contribution is 5.77. The van der Waals surface area contributed by atoms with Gasteiger partial charge in [0.1, 0.15) is 23.8 Å². The Bertz CT molecular complexity index is 1320. The van der Waals surface area contributed by atoms with Crippen molar-refractivity contribution in [1.82, 2.24) is 29.2 Å². The maximum Gasteiger partial charge on any atom is 0.148 e. The number of hydrogen-bond acceptors (Lipinski definition) is 6. The van der Waals surface area contributed by atoms with Crippen molar-refractivity contribution < 1.29 is 8.78 Å². The van der Waals surface area contributed by atoms with Gasteiger partial charge < -0.3 is 15.2 Å². The van der Waals surface area contributed by atoms with E-state index in [4.69, 9.17) is 10.7 Å². The second-order valence-electron chi connectivity index (χ2n) is 9.02. The van der Waals surface area contributed by atoms with Crippen LogP contribution in [0, 0.1) is 0 Å². The van der Waals surface area contributed by atoms with E-state index in [2.05, 4.69) is 39.1 Å². The Hall–Kier alpha value is -3.92. The van der Waals surface area contributed by atoms with E-state index in [1.54, 1.807) is 35.5 Å². The molecule has 40 heavy (non-hydrogen) atoms. The molecule has 0 fully saturated rings. The van der Waals surface area contributed by atoms with Crippen LogP contribution in [0.3, 0.4) is 0 Å². The molecule has 8 nitrogen and oxygen atoms in total. The van der Waals surface area contributed by atoms with Gasteiger partial charge in [0, 0.05) is 42.5 Å². The Morgan fingerprint density at radius 3 is 2.62 bits per heavy atom. The summed E-state index contributed by atoms with van der Waals surface area (Å²) >= 11 is 0. The van der Waals surface area contributed by atoms with Crippen molar-refractivity contribution in [2.24, 2.45) is 4.99 Å². The molecule has 0 unspecified atom stereocenters.